The largest absolute Gasteiger partial charge is 0.452 e. The van der Waals surface area contributed by atoms with E-state index in [-0.39, 0.29) is 28.6 Å². The lowest BCUT2D eigenvalue weighted by molar-refractivity contribution is -0.119. The number of anilines is 1. The van der Waals surface area contributed by atoms with Gasteiger partial charge >= 0.3 is 5.97 Å². The number of carbonyl (C=O) groups excluding carboxylic acids is 2. The molecule has 0 saturated heterocycles. The van der Waals surface area contributed by atoms with Crippen LogP contribution >= 0.6 is 23.2 Å². The summed E-state index contributed by atoms with van der Waals surface area (Å²) >= 11 is 11.9. The maximum Gasteiger partial charge on any atom is 0.340 e. The number of esters is 1. The van der Waals surface area contributed by atoms with Crippen LogP contribution in [0.2, 0.25) is 10.0 Å². The summed E-state index contributed by atoms with van der Waals surface area (Å²) in [6, 6.07) is 10.3. The van der Waals surface area contributed by atoms with E-state index in [1.807, 2.05) is 0 Å². The molecule has 0 unspecified atom stereocenters. The van der Waals surface area contributed by atoms with Crippen molar-refractivity contribution in [2.45, 2.75) is 18.7 Å². The van der Waals surface area contributed by atoms with Crippen molar-refractivity contribution in [2.24, 2.45) is 0 Å². The van der Waals surface area contributed by atoms with Crippen LogP contribution in [0.1, 0.15) is 24.2 Å². The number of sulfonamides is 1. The van der Waals surface area contributed by atoms with Crippen LogP contribution < -0.4 is 5.32 Å². The van der Waals surface area contributed by atoms with Crippen molar-refractivity contribution in [3.63, 3.8) is 0 Å². The highest BCUT2D eigenvalue weighted by Crippen LogP contribution is 2.24. The number of hydrogen-bond donors (Lipinski definition) is 1. The first kappa shape index (κ1) is 23.2. The van der Waals surface area contributed by atoms with Gasteiger partial charge in [0.05, 0.1) is 15.5 Å². The first-order valence-electron chi connectivity index (χ1n) is 8.71. The molecule has 0 radical (unpaired) electrons. The van der Waals surface area contributed by atoms with Gasteiger partial charge in [-0.3, -0.25) is 4.79 Å². The van der Waals surface area contributed by atoms with Gasteiger partial charge in [-0.25, -0.2) is 13.2 Å². The van der Waals surface area contributed by atoms with Crippen LogP contribution in [0, 0.1) is 0 Å². The fourth-order valence-electron chi connectivity index (χ4n) is 2.51. The molecule has 0 aliphatic heterocycles. The zero-order chi connectivity index (χ0) is 21.6. The molecule has 10 heteroatoms. The molecule has 0 saturated carbocycles. The third-order valence-corrected chi connectivity index (χ3v) is 6.55. The third kappa shape index (κ3) is 5.93. The lowest BCUT2D eigenvalue weighted by atomic mass is 10.2. The fraction of sp³-hybridized carbons (Fsp3) is 0.263. The highest BCUT2D eigenvalue weighted by Gasteiger charge is 2.24. The quantitative estimate of drug-likeness (QED) is 0.606. The van der Waals surface area contributed by atoms with Crippen LogP contribution in [0.5, 0.6) is 0 Å². The third-order valence-electron chi connectivity index (χ3n) is 3.94. The van der Waals surface area contributed by atoms with Crippen LogP contribution in [-0.2, 0) is 19.6 Å². The molecule has 0 aliphatic carbocycles. The van der Waals surface area contributed by atoms with Gasteiger partial charge in [0.2, 0.25) is 10.0 Å². The summed E-state index contributed by atoms with van der Waals surface area (Å²) in [7, 11) is -3.77. The van der Waals surface area contributed by atoms with E-state index >= 15 is 0 Å². The number of carbonyl (C=O) groups is 2. The van der Waals surface area contributed by atoms with E-state index < -0.39 is 28.5 Å². The molecule has 1 N–H and O–H groups in total. The van der Waals surface area contributed by atoms with E-state index in [4.69, 9.17) is 27.9 Å². The second-order valence-corrected chi connectivity index (χ2v) is 8.65. The molecule has 0 atom stereocenters. The Labute approximate surface area is 179 Å². The van der Waals surface area contributed by atoms with Gasteiger partial charge in [0.25, 0.3) is 5.91 Å². The number of hydrogen-bond acceptors (Lipinski definition) is 5. The van der Waals surface area contributed by atoms with Gasteiger partial charge in [0.1, 0.15) is 0 Å². The Balaban J connectivity index is 2.11. The monoisotopic (exact) mass is 458 g/mol. The topological polar surface area (TPSA) is 92.8 Å². The van der Waals surface area contributed by atoms with Crippen molar-refractivity contribution in [2.75, 3.05) is 25.0 Å². The Kier molecular flexibility index (Phi) is 8.04. The van der Waals surface area contributed by atoms with E-state index in [1.54, 1.807) is 38.1 Å². The highest BCUT2D eigenvalue weighted by molar-refractivity contribution is 7.89. The number of benzene rings is 2. The molecule has 156 valence electrons. The summed E-state index contributed by atoms with van der Waals surface area (Å²) in [4.78, 5) is 24.2. The Morgan fingerprint density at radius 3 is 2.38 bits per heavy atom. The van der Waals surface area contributed by atoms with Gasteiger partial charge < -0.3 is 10.1 Å². The molecule has 2 aromatic carbocycles. The minimum atomic E-state index is -3.77. The first-order chi connectivity index (χ1) is 13.7. The van der Waals surface area contributed by atoms with Crippen molar-refractivity contribution >= 4 is 50.8 Å². The van der Waals surface area contributed by atoms with Gasteiger partial charge in [-0.1, -0.05) is 43.1 Å². The molecule has 0 aliphatic rings. The van der Waals surface area contributed by atoms with Crippen molar-refractivity contribution in [3.8, 4) is 0 Å². The zero-order valence-corrected chi connectivity index (χ0v) is 18.1. The zero-order valence-electron chi connectivity index (χ0n) is 15.8. The smallest absolute Gasteiger partial charge is 0.340 e. The minimum Gasteiger partial charge on any atom is -0.452 e. The standard InChI is InChI=1S/C19H20Cl2N2O5S/c1-3-23(4-2)29(26,27)15-8-9-17(21)16(11-15)19(25)28-12-18(24)22-14-7-5-6-13(20)10-14/h5-11H,3-4,12H2,1-2H3,(H,22,24). The van der Waals surface area contributed by atoms with Crippen LogP contribution in [-0.4, -0.2) is 44.3 Å². The van der Waals surface area contributed by atoms with E-state index in [0.717, 1.165) is 6.07 Å². The first-order valence-corrected chi connectivity index (χ1v) is 10.9. The average Bonchev–Trinajstić information content (AvgIpc) is 2.67. The summed E-state index contributed by atoms with van der Waals surface area (Å²) in [6.45, 7) is 3.42. The predicted octanol–water partition coefficient (Wildman–Crippen LogP) is 3.82. The summed E-state index contributed by atoms with van der Waals surface area (Å²) in [5, 5.41) is 2.99. The van der Waals surface area contributed by atoms with Gasteiger partial charge in [-0.05, 0) is 36.4 Å². The molecule has 1 amide bonds. The van der Waals surface area contributed by atoms with Gasteiger partial charge in [-0.2, -0.15) is 4.31 Å². The van der Waals surface area contributed by atoms with Gasteiger partial charge in [0.15, 0.2) is 6.61 Å². The van der Waals surface area contributed by atoms with Gasteiger partial charge in [0, 0.05) is 23.8 Å². The SMILES string of the molecule is CCN(CC)S(=O)(=O)c1ccc(Cl)c(C(=O)OCC(=O)Nc2cccc(Cl)c2)c1. The maximum atomic E-state index is 12.6. The Morgan fingerprint density at radius 2 is 1.76 bits per heavy atom. The Morgan fingerprint density at radius 1 is 1.07 bits per heavy atom. The van der Waals surface area contributed by atoms with Crippen LogP contribution in [0.15, 0.2) is 47.4 Å². The summed E-state index contributed by atoms with van der Waals surface area (Å²) in [6.07, 6.45) is 0. The molecule has 0 spiro atoms. The van der Waals surface area contributed by atoms with E-state index in [0.29, 0.717) is 10.7 Å². The normalized spacial score (nSPS) is 11.3. The second-order valence-electron chi connectivity index (χ2n) is 5.87. The minimum absolute atomic E-state index is 0.0174. The predicted molar refractivity (Wildman–Crippen MR) is 112 cm³/mol. The van der Waals surface area contributed by atoms with Crippen molar-refractivity contribution in [1.29, 1.82) is 0 Å². The molecule has 0 aromatic heterocycles. The molecular weight excluding hydrogens is 439 g/mol. The van der Waals surface area contributed by atoms with Crippen molar-refractivity contribution in [1.82, 2.24) is 4.31 Å². The lowest BCUT2D eigenvalue weighted by Crippen LogP contribution is -2.30. The fourth-order valence-corrected chi connectivity index (χ4v) is 4.38. The molecule has 2 aromatic rings. The van der Waals surface area contributed by atoms with E-state index in [1.165, 1.54) is 16.4 Å². The number of halogens is 2. The van der Waals surface area contributed by atoms with Crippen LogP contribution in [0.4, 0.5) is 5.69 Å². The van der Waals surface area contributed by atoms with Crippen molar-refractivity contribution in [3.05, 3.63) is 58.1 Å². The molecule has 7 nitrogen and oxygen atoms in total. The number of ether oxygens (including phenoxy) is 1. The number of amides is 1. The van der Waals surface area contributed by atoms with Gasteiger partial charge in [-0.15, -0.1) is 0 Å². The summed E-state index contributed by atoms with van der Waals surface area (Å²) in [5.41, 5.74) is 0.305. The molecular formula is C19H20Cl2N2O5S. The lowest BCUT2D eigenvalue weighted by Gasteiger charge is -2.19. The van der Waals surface area contributed by atoms with E-state index in [9.17, 15) is 18.0 Å². The maximum absolute atomic E-state index is 12.6. The molecule has 0 fully saturated rings. The van der Waals surface area contributed by atoms with Crippen LogP contribution in [0.25, 0.3) is 0 Å². The Bertz CT molecular complexity index is 1010. The average molecular weight is 459 g/mol. The molecule has 2 rings (SSSR count). The molecule has 0 bridgehead atoms. The number of nitrogens with zero attached hydrogens (tertiary/aromatic N) is 1. The van der Waals surface area contributed by atoms with Crippen molar-refractivity contribution < 1.29 is 22.7 Å². The number of nitrogens with one attached hydrogen (secondary N) is 1. The van der Waals surface area contributed by atoms with Crippen LogP contribution in [0.3, 0.4) is 0 Å². The molecule has 0 heterocycles. The number of rotatable bonds is 8. The van der Waals surface area contributed by atoms with E-state index in [2.05, 4.69) is 5.32 Å². The second kappa shape index (κ2) is 10.1. The Hall–Kier alpha value is -2.13. The summed E-state index contributed by atoms with van der Waals surface area (Å²) < 4.78 is 31.5. The molecule has 29 heavy (non-hydrogen) atoms. The summed E-state index contributed by atoms with van der Waals surface area (Å²) in [5.74, 6) is -1.49. The highest BCUT2D eigenvalue weighted by atomic mass is 35.5.